The lowest BCUT2D eigenvalue weighted by Gasteiger charge is -2.08. The summed E-state index contributed by atoms with van der Waals surface area (Å²) in [7, 11) is 0. The van der Waals surface area contributed by atoms with Crippen LogP contribution in [-0.2, 0) is 23.4 Å². The molecule has 0 unspecified atom stereocenters. The minimum atomic E-state index is -0.0118. The molecule has 2 aromatic heterocycles. The van der Waals surface area contributed by atoms with Gasteiger partial charge in [0.2, 0.25) is 5.91 Å². The van der Waals surface area contributed by atoms with Crippen molar-refractivity contribution in [2.24, 2.45) is 0 Å². The summed E-state index contributed by atoms with van der Waals surface area (Å²) < 4.78 is 0. The lowest BCUT2D eigenvalue weighted by molar-refractivity contribution is -0.113. The van der Waals surface area contributed by atoms with Crippen LogP contribution in [-0.4, -0.2) is 11.7 Å². The Morgan fingerprint density at radius 3 is 2.88 bits per heavy atom. The van der Waals surface area contributed by atoms with Crippen molar-refractivity contribution in [3.05, 3.63) is 38.4 Å². The topological polar surface area (TPSA) is 52.9 Å². The fourth-order valence-corrected chi connectivity index (χ4v) is 5.85. The fourth-order valence-electron chi connectivity index (χ4n) is 2.93. The van der Waals surface area contributed by atoms with Crippen LogP contribution in [0.1, 0.15) is 46.6 Å². The molecule has 0 bridgehead atoms. The third-order valence-electron chi connectivity index (χ3n) is 4.09. The van der Waals surface area contributed by atoms with E-state index in [-0.39, 0.29) is 5.91 Å². The second kappa shape index (κ2) is 8.70. The Morgan fingerprint density at radius 2 is 2.12 bits per heavy atom. The number of thiophene rings is 2. The van der Waals surface area contributed by atoms with E-state index in [0.717, 1.165) is 30.0 Å². The van der Waals surface area contributed by atoms with Gasteiger partial charge in [-0.25, -0.2) is 0 Å². The number of nitrogens with zero attached hydrogens (tertiary/aromatic N) is 1. The molecule has 1 aliphatic carbocycles. The molecule has 0 spiro atoms. The lowest BCUT2D eigenvalue weighted by Crippen LogP contribution is -2.14. The highest BCUT2D eigenvalue weighted by Crippen LogP contribution is 2.36. The molecule has 1 amide bonds. The molecule has 6 heteroatoms. The highest BCUT2D eigenvalue weighted by molar-refractivity contribution is 7.99. The standard InChI is InChI=1S/C18H20N2OS3/c19-10-15-14-7-3-1-2-4-8-16(14)24-18(15)20-17(21)12-22-11-13-6-5-9-23-13/h5-6,9H,1-4,7-8,11-12H2,(H,20,21). The van der Waals surface area contributed by atoms with Crippen LogP contribution in [0.5, 0.6) is 0 Å². The van der Waals surface area contributed by atoms with Gasteiger partial charge in [0.25, 0.3) is 0 Å². The summed E-state index contributed by atoms with van der Waals surface area (Å²) >= 11 is 4.93. The number of carbonyl (C=O) groups excluding carboxylic acids is 1. The number of fused-ring (bicyclic) bond motifs is 1. The quantitative estimate of drug-likeness (QED) is 0.779. The third-order valence-corrected chi connectivity index (χ3v) is 7.34. The molecule has 0 saturated carbocycles. The number of anilines is 1. The lowest BCUT2D eigenvalue weighted by atomic mass is 9.97. The molecule has 0 saturated heterocycles. The molecule has 3 nitrogen and oxygen atoms in total. The van der Waals surface area contributed by atoms with Crippen molar-refractivity contribution >= 4 is 45.3 Å². The van der Waals surface area contributed by atoms with Crippen LogP contribution in [0.25, 0.3) is 0 Å². The van der Waals surface area contributed by atoms with E-state index in [1.165, 1.54) is 34.6 Å². The molecule has 0 fully saturated rings. The smallest absolute Gasteiger partial charge is 0.235 e. The minimum absolute atomic E-state index is 0.0118. The number of nitriles is 1. The molecule has 0 aromatic carbocycles. The first kappa shape index (κ1) is 17.5. The van der Waals surface area contributed by atoms with Crippen molar-refractivity contribution in [1.82, 2.24) is 0 Å². The molecule has 2 heterocycles. The van der Waals surface area contributed by atoms with Crippen molar-refractivity contribution in [3.63, 3.8) is 0 Å². The first-order chi connectivity index (χ1) is 11.8. The first-order valence-corrected chi connectivity index (χ1v) is 11.1. The predicted octanol–water partition coefficient (Wildman–Crippen LogP) is 5.21. The summed E-state index contributed by atoms with van der Waals surface area (Å²) in [4.78, 5) is 14.8. The van der Waals surface area contributed by atoms with Crippen LogP contribution in [0.4, 0.5) is 5.00 Å². The van der Waals surface area contributed by atoms with Crippen molar-refractivity contribution in [1.29, 1.82) is 5.26 Å². The number of thioether (sulfide) groups is 1. The monoisotopic (exact) mass is 376 g/mol. The van der Waals surface area contributed by atoms with Gasteiger partial charge in [0, 0.05) is 15.5 Å². The van der Waals surface area contributed by atoms with Crippen LogP contribution < -0.4 is 5.32 Å². The number of hydrogen-bond donors (Lipinski definition) is 1. The average Bonchev–Trinajstić information content (AvgIpc) is 3.16. The molecule has 3 rings (SSSR count). The Morgan fingerprint density at radius 1 is 1.29 bits per heavy atom. The maximum absolute atomic E-state index is 12.2. The first-order valence-electron chi connectivity index (χ1n) is 8.22. The molecular weight excluding hydrogens is 356 g/mol. The number of rotatable bonds is 5. The molecule has 126 valence electrons. The van der Waals surface area contributed by atoms with Crippen LogP contribution in [0, 0.1) is 11.3 Å². The summed E-state index contributed by atoms with van der Waals surface area (Å²) in [6.07, 6.45) is 6.84. The summed E-state index contributed by atoms with van der Waals surface area (Å²) in [6, 6.07) is 6.44. The second-order valence-electron chi connectivity index (χ2n) is 5.85. The van der Waals surface area contributed by atoms with Gasteiger partial charge in [0.05, 0.1) is 11.3 Å². The Balaban J connectivity index is 1.62. The van der Waals surface area contributed by atoms with Crippen LogP contribution >= 0.6 is 34.4 Å². The van der Waals surface area contributed by atoms with E-state index in [1.54, 1.807) is 34.4 Å². The normalized spacial score (nSPS) is 14.3. The van der Waals surface area contributed by atoms with E-state index in [9.17, 15) is 10.1 Å². The highest BCUT2D eigenvalue weighted by Gasteiger charge is 2.20. The van der Waals surface area contributed by atoms with Crippen LogP contribution in [0.15, 0.2) is 17.5 Å². The van der Waals surface area contributed by atoms with Gasteiger partial charge in [0.15, 0.2) is 0 Å². The van der Waals surface area contributed by atoms with Gasteiger partial charge in [-0.1, -0.05) is 18.9 Å². The molecule has 2 aromatic rings. The molecule has 1 aliphatic rings. The predicted molar refractivity (Wildman–Crippen MR) is 104 cm³/mol. The summed E-state index contributed by atoms with van der Waals surface area (Å²) in [5, 5.41) is 15.3. The SMILES string of the molecule is N#Cc1c(NC(=O)CSCc2cccs2)sc2c1CCCCCC2. The Kier molecular flexibility index (Phi) is 6.36. The van der Waals surface area contributed by atoms with E-state index < -0.39 is 0 Å². The zero-order valence-electron chi connectivity index (χ0n) is 13.5. The van der Waals surface area contributed by atoms with Crippen LogP contribution in [0.2, 0.25) is 0 Å². The van der Waals surface area contributed by atoms with Gasteiger partial charge < -0.3 is 5.32 Å². The summed E-state index contributed by atoms with van der Waals surface area (Å²) in [5.41, 5.74) is 1.89. The third kappa shape index (κ3) is 4.41. The van der Waals surface area contributed by atoms with E-state index in [1.807, 2.05) is 6.07 Å². The Labute approximate surface area is 155 Å². The van der Waals surface area contributed by atoms with Gasteiger partial charge in [0.1, 0.15) is 11.1 Å². The van der Waals surface area contributed by atoms with Crippen molar-refractivity contribution in [2.75, 3.05) is 11.1 Å². The molecule has 0 radical (unpaired) electrons. The molecule has 24 heavy (non-hydrogen) atoms. The highest BCUT2D eigenvalue weighted by atomic mass is 32.2. The zero-order chi connectivity index (χ0) is 16.8. The largest absolute Gasteiger partial charge is 0.316 e. The zero-order valence-corrected chi connectivity index (χ0v) is 15.9. The molecule has 0 atom stereocenters. The number of amides is 1. The maximum atomic E-state index is 12.2. The van der Waals surface area contributed by atoms with Gasteiger partial charge in [-0.2, -0.15) is 5.26 Å². The number of aryl methyl sites for hydroxylation is 1. The Bertz CT molecular complexity index is 728. The molecule has 1 N–H and O–H groups in total. The summed E-state index contributed by atoms with van der Waals surface area (Å²) in [5.74, 6) is 1.27. The van der Waals surface area contributed by atoms with Crippen LogP contribution in [0.3, 0.4) is 0 Å². The maximum Gasteiger partial charge on any atom is 0.235 e. The van der Waals surface area contributed by atoms with Crippen molar-refractivity contribution in [3.8, 4) is 6.07 Å². The van der Waals surface area contributed by atoms with Crippen molar-refractivity contribution in [2.45, 2.75) is 44.3 Å². The summed E-state index contributed by atoms with van der Waals surface area (Å²) in [6.45, 7) is 0. The Hall–Kier alpha value is -1.29. The average molecular weight is 377 g/mol. The van der Waals surface area contributed by atoms with Gasteiger partial charge in [-0.3, -0.25) is 4.79 Å². The van der Waals surface area contributed by atoms with Gasteiger partial charge in [-0.05, 0) is 42.7 Å². The van der Waals surface area contributed by atoms with Crippen molar-refractivity contribution < 1.29 is 4.79 Å². The van der Waals surface area contributed by atoms with E-state index >= 15 is 0 Å². The number of hydrogen-bond acceptors (Lipinski definition) is 5. The van der Waals surface area contributed by atoms with Gasteiger partial charge >= 0.3 is 0 Å². The minimum Gasteiger partial charge on any atom is -0.316 e. The number of nitrogens with one attached hydrogen (secondary N) is 1. The second-order valence-corrected chi connectivity index (χ2v) is 8.98. The van der Waals surface area contributed by atoms with E-state index in [4.69, 9.17) is 0 Å². The van der Waals surface area contributed by atoms with E-state index in [0.29, 0.717) is 11.3 Å². The molecular formula is C18H20N2OS3. The molecule has 0 aliphatic heterocycles. The number of carbonyl (C=O) groups is 1. The van der Waals surface area contributed by atoms with E-state index in [2.05, 4.69) is 22.8 Å². The van der Waals surface area contributed by atoms with Gasteiger partial charge in [-0.15, -0.1) is 34.4 Å². The fraction of sp³-hybridized carbons (Fsp3) is 0.444.